The van der Waals surface area contributed by atoms with Crippen molar-refractivity contribution in [2.45, 2.75) is 78.2 Å². The van der Waals surface area contributed by atoms with E-state index in [1.807, 2.05) is 0 Å². The highest BCUT2D eigenvalue weighted by Crippen LogP contribution is 2.38. The second-order valence-corrected chi connectivity index (χ2v) is 6.98. The van der Waals surface area contributed by atoms with Crippen LogP contribution in [0.5, 0.6) is 0 Å². The molecule has 1 amide bonds. The Morgan fingerprint density at radius 2 is 1.82 bits per heavy atom. The SMILES string of the molecule is C[C@@H](CCC(C)(C)C)C1(NC=O)CCCCC1. The fraction of sp³-hybridized carbons (Fsp3) is 0.933. The first-order valence-corrected chi connectivity index (χ1v) is 7.11. The Labute approximate surface area is 107 Å². The van der Waals surface area contributed by atoms with Crippen LogP contribution in [0.1, 0.15) is 72.6 Å². The average Bonchev–Trinajstić information content (AvgIpc) is 2.26. The molecule has 0 saturated heterocycles. The number of rotatable bonds is 5. The zero-order chi connectivity index (χ0) is 12.9. The Bertz CT molecular complexity index is 236. The molecule has 1 atom stereocenters. The van der Waals surface area contributed by atoms with Gasteiger partial charge in [-0.25, -0.2) is 0 Å². The predicted octanol–water partition coefficient (Wildman–Crippen LogP) is 3.90. The molecule has 2 nitrogen and oxygen atoms in total. The molecule has 0 heterocycles. The van der Waals surface area contributed by atoms with E-state index in [2.05, 4.69) is 33.0 Å². The molecule has 17 heavy (non-hydrogen) atoms. The lowest BCUT2D eigenvalue weighted by molar-refractivity contribution is -0.112. The predicted molar refractivity (Wildman–Crippen MR) is 72.9 cm³/mol. The minimum atomic E-state index is 0.0885. The van der Waals surface area contributed by atoms with Gasteiger partial charge in [0.25, 0.3) is 0 Å². The summed E-state index contributed by atoms with van der Waals surface area (Å²) in [6, 6.07) is 0. The molecule has 1 N–H and O–H groups in total. The Kier molecular flexibility index (Phi) is 5.03. The Balaban J connectivity index is 2.59. The summed E-state index contributed by atoms with van der Waals surface area (Å²) in [5.74, 6) is 0.590. The fourth-order valence-corrected chi connectivity index (χ4v) is 3.01. The van der Waals surface area contributed by atoms with Crippen LogP contribution in [0.15, 0.2) is 0 Å². The molecule has 0 bridgehead atoms. The van der Waals surface area contributed by atoms with Crippen LogP contribution in [0, 0.1) is 11.3 Å². The third-order valence-corrected chi connectivity index (χ3v) is 4.36. The van der Waals surface area contributed by atoms with E-state index in [1.165, 1.54) is 32.1 Å². The van der Waals surface area contributed by atoms with Crippen molar-refractivity contribution < 1.29 is 4.79 Å². The number of amides is 1. The fourth-order valence-electron chi connectivity index (χ4n) is 3.01. The van der Waals surface area contributed by atoms with Gasteiger partial charge < -0.3 is 5.32 Å². The molecule has 0 unspecified atom stereocenters. The topological polar surface area (TPSA) is 29.1 Å². The summed E-state index contributed by atoms with van der Waals surface area (Å²) >= 11 is 0. The normalized spacial score (nSPS) is 21.9. The number of hydrogen-bond donors (Lipinski definition) is 1. The molecular formula is C15H29NO. The standard InChI is InChI=1S/C15H29NO/c1-13(8-11-14(2,3)4)15(16-12-17)9-6-5-7-10-15/h12-13H,5-11H2,1-4H3,(H,16,17)/t13-/m0/s1. The number of carbonyl (C=O) groups is 1. The van der Waals surface area contributed by atoms with Gasteiger partial charge in [-0.05, 0) is 37.0 Å². The highest BCUT2D eigenvalue weighted by atomic mass is 16.1. The van der Waals surface area contributed by atoms with E-state index >= 15 is 0 Å². The van der Waals surface area contributed by atoms with Crippen LogP contribution in [0.25, 0.3) is 0 Å². The van der Waals surface area contributed by atoms with E-state index in [0.29, 0.717) is 11.3 Å². The van der Waals surface area contributed by atoms with Crippen LogP contribution >= 0.6 is 0 Å². The van der Waals surface area contributed by atoms with Gasteiger partial charge in [0.2, 0.25) is 6.41 Å². The second kappa shape index (κ2) is 5.88. The van der Waals surface area contributed by atoms with E-state index < -0.39 is 0 Å². The molecule has 1 aliphatic rings. The lowest BCUT2D eigenvalue weighted by Gasteiger charge is -2.42. The first-order chi connectivity index (χ1) is 7.90. The average molecular weight is 239 g/mol. The van der Waals surface area contributed by atoms with E-state index in [0.717, 1.165) is 19.3 Å². The van der Waals surface area contributed by atoms with Crippen molar-refractivity contribution in [2.24, 2.45) is 11.3 Å². The summed E-state index contributed by atoms with van der Waals surface area (Å²) in [7, 11) is 0. The van der Waals surface area contributed by atoms with Crippen molar-refractivity contribution in [3.8, 4) is 0 Å². The van der Waals surface area contributed by atoms with Crippen LogP contribution in [0.4, 0.5) is 0 Å². The maximum Gasteiger partial charge on any atom is 0.207 e. The van der Waals surface area contributed by atoms with Crippen molar-refractivity contribution >= 4 is 6.41 Å². The van der Waals surface area contributed by atoms with Crippen molar-refractivity contribution in [3.05, 3.63) is 0 Å². The van der Waals surface area contributed by atoms with Gasteiger partial charge >= 0.3 is 0 Å². The van der Waals surface area contributed by atoms with Crippen molar-refractivity contribution in [1.29, 1.82) is 0 Å². The van der Waals surface area contributed by atoms with E-state index in [4.69, 9.17) is 0 Å². The van der Waals surface area contributed by atoms with Gasteiger partial charge in [0.1, 0.15) is 0 Å². The van der Waals surface area contributed by atoms with Gasteiger partial charge in [0.05, 0.1) is 0 Å². The first kappa shape index (κ1) is 14.5. The molecule has 2 heteroatoms. The molecule has 0 aromatic heterocycles. The van der Waals surface area contributed by atoms with Crippen LogP contribution in [0.2, 0.25) is 0 Å². The third-order valence-electron chi connectivity index (χ3n) is 4.36. The minimum Gasteiger partial charge on any atom is -0.353 e. The largest absolute Gasteiger partial charge is 0.353 e. The lowest BCUT2D eigenvalue weighted by atomic mass is 9.70. The molecule has 1 saturated carbocycles. The van der Waals surface area contributed by atoms with E-state index in [1.54, 1.807) is 0 Å². The summed E-state index contributed by atoms with van der Waals surface area (Å²) < 4.78 is 0. The molecule has 0 aromatic rings. The zero-order valence-corrected chi connectivity index (χ0v) is 12.0. The van der Waals surface area contributed by atoms with Crippen molar-refractivity contribution in [1.82, 2.24) is 5.32 Å². The van der Waals surface area contributed by atoms with Gasteiger partial charge in [-0.15, -0.1) is 0 Å². The summed E-state index contributed by atoms with van der Waals surface area (Å²) in [5.41, 5.74) is 0.483. The highest BCUT2D eigenvalue weighted by molar-refractivity contribution is 5.48. The monoisotopic (exact) mass is 239 g/mol. The molecule has 0 spiro atoms. The summed E-state index contributed by atoms with van der Waals surface area (Å²) in [4.78, 5) is 10.9. The maximum atomic E-state index is 10.9. The summed E-state index contributed by atoms with van der Waals surface area (Å²) in [6.45, 7) is 9.19. The minimum absolute atomic E-state index is 0.0885. The second-order valence-electron chi connectivity index (χ2n) is 6.98. The summed E-state index contributed by atoms with van der Waals surface area (Å²) in [5, 5.41) is 3.15. The molecule has 100 valence electrons. The van der Waals surface area contributed by atoms with Gasteiger partial charge in [-0.2, -0.15) is 0 Å². The van der Waals surface area contributed by atoms with Crippen molar-refractivity contribution in [3.63, 3.8) is 0 Å². The third kappa shape index (κ3) is 4.33. The van der Waals surface area contributed by atoms with Crippen LogP contribution < -0.4 is 5.32 Å². The maximum absolute atomic E-state index is 10.9. The smallest absolute Gasteiger partial charge is 0.207 e. The number of nitrogens with one attached hydrogen (secondary N) is 1. The van der Waals surface area contributed by atoms with Gasteiger partial charge in [0, 0.05) is 5.54 Å². The van der Waals surface area contributed by atoms with Crippen molar-refractivity contribution in [2.75, 3.05) is 0 Å². The molecule has 0 aliphatic heterocycles. The van der Waals surface area contributed by atoms with E-state index in [-0.39, 0.29) is 5.54 Å². The van der Waals surface area contributed by atoms with Crippen LogP contribution in [0.3, 0.4) is 0 Å². The first-order valence-electron chi connectivity index (χ1n) is 7.11. The Morgan fingerprint density at radius 1 is 1.24 bits per heavy atom. The lowest BCUT2D eigenvalue weighted by Crippen LogP contribution is -2.51. The number of hydrogen-bond acceptors (Lipinski definition) is 1. The molecule has 0 radical (unpaired) electrons. The Hall–Kier alpha value is -0.530. The van der Waals surface area contributed by atoms with Crippen LogP contribution in [-0.2, 0) is 4.79 Å². The highest BCUT2D eigenvalue weighted by Gasteiger charge is 2.36. The van der Waals surface area contributed by atoms with Crippen LogP contribution in [-0.4, -0.2) is 11.9 Å². The quantitative estimate of drug-likeness (QED) is 0.724. The molecule has 1 aliphatic carbocycles. The molecular weight excluding hydrogens is 210 g/mol. The molecule has 1 rings (SSSR count). The van der Waals surface area contributed by atoms with E-state index in [9.17, 15) is 4.79 Å². The zero-order valence-electron chi connectivity index (χ0n) is 12.0. The summed E-state index contributed by atoms with van der Waals surface area (Å²) in [6.07, 6.45) is 9.55. The molecule has 1 fully saturated rings. The van der Waals surface area contributed by atoms with Gasteiger partial charge in [-0.3, -0.25) is 4.79 Å². The van der Waals surface area contributed by atoms with Gasteiger partial charge in [-0.1, -0.05) is 47.0 Å². The number of carbonyl (C=O) groups excluding carboxylic acids is 1. The molecule has 0 aromatic carbocycles. The Morgan fingerprint density at radius 3 is 2.29 bits per heavy atom. The van der Waals surface area contributed by atoms with Gasteiger partial charge in [0.15, 0.2) is 0 Å².